The molecule has 0 aliphatic carbocycles. The molecule has 0 saturated heterocycles. The maximum Gasteiger partial charge on any atom is 0.331 e. The third kappa shape index (κ3) is 6.97. The lowest BCUT2D eigenvalue weighted by Gasteiger charge is -2.18. The van der Waals surface area contributed by atoms with Crippen LogP contribution in [-0.4, -0.2) is 42.7 Å². The van der Waals surface area contributed by atoms with Crippen LogP contribution in [0.25, 0.3) is 6.08 Å². The highest BCUT2D eigenvalue weighted by molar-refractivity contribution is 5.89. The van der Waals surface area contributed by atoms with Gasteiger partial charge < -0.3 is 23.6 Å². The minimum atomic E-state index is -0.610. The maximum absolute atomic E-state index is 12.4. The van der Waals surface area contributed by atoms with Crippen molar-refractivity contribution in [1.82, 2.24) is 10.1 Å². The first-order valence-corrected chi connectivity index (χ1v) is 11.6. The van der Waals surface area contributed by atoms with Crippen molar-refractivity contribution >= 4 is 18.0 Å². The predicted molar refractivity (Wildman–Crippen MR) is 136 cm³/mol. The van der Waals surface area contributed by atoms with Crippen LogP contribution in [0.3, 0.4) is 0 Å². The molecule has 2 aromatic carbocycles. The number of nitrogens with zero attached hydrogens (tertiary/aromatic N) is 2. The summed E-state index contributed by atoms with van der Waals surface area (Å²) in [6.07, 6.45) is 2.86. The summed E-state index contributed by atoms with van der Waals surface area (Å²) < 4.78 is 21.6. The second kappa shape index (κ2) is 12.1. The van der Waals surface area contributed by atoms with Crippen molar-refractivity contribution in [1.29, 1.82) is 0 Å². The zero-order valence-electron chi connectivity index (χ0n) is 21.6. The van der Waals surface area contributed by atoms with E-state index in [1.54, 1.807) is 43.3 Å². The zero-order chi connectivity index (χ0) is 26.2. The molecule has 0 unspecified atom stereocenters. The quantitative estimate of drug-likeness (QED) is 0.299. The van der Waals surface area contributed by atoms with Gasteiger partial charge in [-0.3, -0.25) is 4.79 Å². The molecule has 1 aromatic heterocycles. The molecule has 3 rings (SSSR count). The average Bonchev–Trinajstić information content (AvgIpc) is 3.18. The number of methoxy groups -OCH3 is 1. The van der Waals surface area contributed by atoms with Crippen LogP contribution in [0.5, 0.6) is 11.5 Å². The van der Waals surface area contributed by atoms with Crippen LogP contribution in [0.1, 0.15) is 39.3 Å². The van der Waals surface area contributed by atoms with E-state index >= 15 is 0 Å². The lowest BCUT2D eigenvalue weighted by atomic mass is 10.1. The summed E-state index contributed by atoms with van der Waals surface area (Å²) in [5.41, 5.74) is 5.72. The van der Waals surface area contributed by atoms with Crippen molar-refractivity contribution in [2.75, 3.05) is 20.8 Å². The van der Waals surface area contributed by atoms with Gasteiger partial charge in [0.15, 0.2) is 18.1 Å². The molecule has 190 valence electrons. The Balaban J connectivity index is 1.52. The Morgan fingerprint density at radius 2 is 1.83 bits per heavy atom. The number of likely N-dealkylation sites (N-methyl/N-ethyl adjacent to an activating group) is 1. The number of amides is 1. The van der Waals surface area contributed by atoms with E-state index in [4.69, 9.17) is 18.7 Å². The van der Waals surface area contributed by atoms with Crippen LogP contribution in [0.15, 0.2) is 47.0 Å². The van der Waals surface area contributed by atoms with Gasteiger partial charge in [0.25, 0.3) is 5.91 Å². The standard InChI is InChI=1S/C28H32N2O6/c1-18-7-10-23(19(2)13-18)15-30(5)27(31)17-35-28(32)12-9-22-8-11-25(26(14-22)33-6)34-16-24-20(3)29-36-21(24)4/h7-14H,15-17H2,1-6H3. The number of hydrogen-bond donors (Lipinski definition) is 0. The van der Waals surface area contributed by atoms with E-state index in [9.17, 15) is 9.59 Å². The summed E-state index contributed by atoms with van der Waals surface area (Å²) in [6.45, 7) is 8.14. The molecule has 0 aliphatic heterocycles. The zero-order valence-corrected chi connectivity index (χ0v) is 21.6. The lowest BCUT2D eigenvalue weighted by molar-refractivity contribution is -0.147. The van der Waals surface area contributed by atoms with E-state index in [1.807, 2.05) is 39.8 Å². The monoisotopic (exact) mass is 492 g/mol. The molecule has 1 heterocycles. The summed E-state index contributed by atoms with van der Waals surface area (Å²) >= 11 is 0. The number of benzene rings is 2. The molecule has 8 heteroatoms. The van der Waals surface area contributed by atoms with Crippen LogP contribution >= 0.6 is 0 Å². The van der Waals surface area contributed by atoms with Gasteiger partial charge in [0, 0.05) is 19.7 Å². The summed E-state index contributed by atoms with van der Waals surface area (Å²) in [4.78, 5) is 26.1. The number of aryl methyl sites for hydroxylation is 4. The molecule has 0 fully saturated rings. The highest BCUT2D eigenvalue weighted by atomic mass is 16.5. The van der Waals surface area contributed by atoms with Gasteiger partial charge in [-0.25, -0.2) is 4.79 Å². The number of carbonyl (C=O) groups is 2. The van der Waals surface area contributed by atoms with Crippen molar-refractivity contribution < 1.29 is 28.3 Å². The first kappa shape index (κ1) is 26.5. The van der Waals surface area contributed by atoms with Crippen molar-refractivity contribution in [3.05, 3.63) is 81.7 Å². The van der Waals surface area contributed by atoms with E-state index in [-0.39, 0.29) is 12.5 Å². The van der Waals surface area contributed by atoms with E-state index in [0.29, 0.717) is 36.0 Å². The molecule has 0 radical (unpaired) electrons. The maximum atomic E-state index is 12.4. The molecule has 0 N–H and O–H groups in total. The summed E-state index contributed by atoms with van der Waals surface area (Å²) in [7, 11) is 3.23. The van der Waals surface area contributed by atoms with Gasteiger partial charge in [0.1, 0.15) is 12.4 Å². The number of aromatic nitrogens is 1. The van der Waals surface area contributed by atoms with Crippen LogP contribution in [0.2, 0.25) is 0 Å². The number of hydrogen-bond acceptors (Lipinski definition) is 7. The Bertz CT molecular complexity index is 1240. The highest BCUT2D eigenvalue weighted by Crippen LogP contribution is 2.30. The van der Waals surface area contributed by atoms with Crippen molar-refractivity contribution in [2.24, 2.45) is 0 Å². The van der Waals surface area contributed by atoms with Crippen molar-refractivity contribution in [3.63, 3.8) is 0 Å². The van der Waals surface area contributed by atoms with E-state index < -0.39 is 5.97 Å². The van der Waals surface area contributed by atoms with Gasteiger partial charge in [-0.05, 0) is 62.6 Å². The van der Waals surface area contributed by atoms with Crippen molar-refractivity contribution in [3.8, 4) is 11.5 Å². The molecular formula is C28H32N2O6. The normalized spacial score (nSPS) is 10.9. The van der Waals surface area contributed by atoms with Crippen LogP contribution in [-0.2, 0) is 27.5 Å². The second-order valence-corrected chi connectivity index (χ2v) is 8.62. The Labute approximate surface area is 211 Å². The highest BCUT2D eigenvalue weighted by Gasteiger charge is 2.14. The minimum absolute atomic E-state index is 0.279. The van der Waals surface area contributed by atoms with Crippen LogP contribution in [0, 0.1) is 27.7 Å². The van der Waals surface area contributed by atoms with Gasteiger partial charge in [-0.2, -0.15) is 0 Å². The second-order valence-electron chi connectivity index (χ2n) is 8.62. The summed E-state index contributed by atoms with van der Waals surface area (Å²) in [5.74, 6) is 0.883. The summed E-state index contributed by atoms with van der Waals surface area (Å²) in [6, 6.07) is 11.4. The fraction of sp³-hybridized carbons (Fsp3) is 0.321. The van der Waals surface area contributed by atoms with Gasteiger partial charge in [0.05, 0.1) is 18.4 Å². The molecule has 0 spiro atoms. The molecule has 0 bridgehead atoms. The Morgan fingerprint density at radius 1 is 1.06 bits per heavy atom. The van der Waals surface area contributed by atoms with Gasteiger partial charge in [-0.1, -0.05) is 35.0 Å². The molecule has 8 nitrogen and oxygen atoms in total. The topological polar surface area (TPSA) is 91.1 Å². The molecule has 0 saturated carbocycles. The summed E-state index contributed by atoms with van der Waals surface area (Å²) in [5, 5.41) is 3.92. The predicted octanol–water partition coefficient (Wildman–Crippen LogP) is 4.71. The van der Waals surface area contributed by atoms with Crippen LogP contribution in [0.4, 0.5) is 0 Å². The van der Waals surface area contributed by atoms with E-state index in [0.717, 1.165) is 22.4 Å². The van der Waals surface area contributed by atoms with E-state index in [1.165, 1.54) is 11.6 Å². The van der Waals surface area contributed by atoms with Crippen LogP contribution < -0.4 is 9.47 Å². The first-order chi connectivity index (χ1) is 17.2. The third-order valence-corrected chi connectivity index (χ3v) is 5.82. The SMILES string of the molecule is COc1cc(C=CC(=O)OCC(=O)N(C)Cc2ccc(C)cc2C)ccc1OCc1c(C)noc1C. The lowest BCUT2D eigenvalue weighted by Crippen LogP contribution is -2.30. The van der Waals surface area contributed by atoms with Gasteiger partial charge >= 0.3 is 5.97 Å². The molecule has 3 aromatic rings. The number of esters is 1. The van der Waals surface area contributed by atoms with Gasteiger partial charge in [-0.15, -0.1) is 0 Å². The minimum Gasteiger partial charge on any atom is -0.493 e. The fourth-order valence-electron chi connectivity index (χ4n) is 3.59. The first-order valence-electron chi connectivity index (χ1n) is 11.6. The van der Waals surface area contributed by atoms with Gasteiger partial charge in [0.2, 0.25) is 0 Å². The van der Waals surface area contributed by atoms with Crippen molar-refractivity contribution in [2.45, 2.75) is 40.8 Å². The van der Waals surface area contributed by atoms with E-state index in [2.05, 4.69) is 11.2 Å². The number of ether oxygens (including phenoxy) is 3. The molecule has 1 amide bonds. The Morgan fingerprint density at radius 3 is 2.50 bits per heavy atom. The molecule has 0 atom stereocenters. The Hall–Kier alpha value is -4.07. The molecule has 36 heavy (non-hydrogen) atoms. The fourth-order valence-corrected chi connectivity index (χ4v) is 3.59. The molecule has 0 aliphatic rings. The smallest absolute Gasteiger partial charge is 0.331 e. The largest absolute Gasteiger partial charge is 0.493 e. The third-order valence-electron chi connectivity index (χ3n) is 5.82. The Kier molecular flexibility index (Phi) is 8.89. The average molecular weight is 493 g/mol. The number of carbonyl (C=O) groups excluding carboxylic acids is 2. The molecular weight excluding hydrogens is 460 g/mol. The number of rotatable bonds is 10.